The topological polar surface area (TPSA) is 12.9 Å². The van der Waals surface area contributed by atoms with Crippen molar-refractivity contribution in [2.24, 2.45) is 5.41 Å². The van der Waals surface area contributed by atoms with Crippen LogP contribution in [-0.2, 0) is 12.8 Å². The Hall–Kier alpha value is -1.08. The maximum absolute atomic E-state index is 6.60. The lowest BCUT2D eigenvalue weighted by Gasteiger charge is -2.31. The van der Waals surface area contributed by atoms with Gasteiger partial charge in [0.05, 0.1) is 10.5 Å². The number of halogens is 1. The maximum Gasteiger partial charge on any atom is 0.0723 e. The van der Waals surface area contributed by atoms with Crippen LogP contribution in [0.5, 0.6) is 0 Å². The smallest absolute Gasteiger partial charge is 0.0723 e. The van der Waals surface area contributed by atoms with Gasteiger partial charge in [0.2, 0.25) is 0 Å². The number of benzene rings is 1. The molecule has 2 heteroatoms. The fraction of sp³-hybridized carbons (Fsp3) is 0.438. The zero-order valence-corrected chi connectivity index (χ0v) is 11.9. The molecule has 0 radical (unpaired) electrons. The molecule has 1 aromatic carbocycles. The molecule has 1 heterocycles. The second-order valence-electron chi connectivity index (χ2n) is 6.21. The fourth-order valence-electron chi connectivity index (χ4n) is 2.83. The molecule has 0 fully saturated rings. The normalized spacial score (nSPS) is 17.8. The first kappa shape index (κ1) is 12.0. The summed E-state index contributed by atoms with van der Waals surface area (Å²) in [6.07, 6.45) is 3.28. The monoisotopic (exact) mass is 259 g/mol. The van der Waals surface area contributed by atoms with Gasteiger partial charge in [-0.15, -0.1) is 0 Å². The number of hydrogen-bond donors (Lipinski definition) is 0. The molecule has 0 saturated heterocycles. The van der Waals surface area contributed by atoms with E-state index < -0.39 is 0 Å². The minimum atomic E-state index is 0.344. The van der Waals surface area contributed by atoms with Crippen LogP contribution in [0, 0.1) is 12.3 Å². The van der Waals surface area contributed by atoms with E-state index in [1.54, 1.807) is 0 Å². The number of hydrogen-bond acceptors (Lipinski definition) is 1. The Kier molecular flexibility index (Phi) is 2.63. The SMILES string of the molecule is Cc1ccc2c(Cl)c3c(nc2c1)CCC(C)(C)C3. The Morgan fingerprint density at radius 2 is 2.06 bits per heavy atom. The molecule has 3 rings (SSSR count). The molecule has 2 aromatic rings. The van der Waals surface area contributed by atoms with Gasteiger partial charge in [-0.2, -0.15) is 0 Å². The van der Waals surface area contributed by atoms with Gasteiger partial charge in [0.1, 0.15) is 0 Å². The first-order chi connectivity index (χ1) is 8.46. The van der Waals surface area contributed by atoms with E-state index in [1.165, 1.54) is 23.2 Å². The number of fused-ring (bicyclic) bond motifs is 2. The Morgan fingerprint density at radius 1 is 1.28 bits per heavy atom. The van der Waals surface area contributed by atoms with Gasteiger partial charge in [-0.1, -0.05) is 37.6 Å². The number of aryl methyl sites for hydroxylation is 2. The van der Waals surface area contributed by atoms with Crippen LogP contribution in [0.1, 0.15) is 37.1 Å². The number of aromatic nitrogens is 1. The average molecular weight is 260 g/mol. The number of nitrogens with zero attached hydrogens (tertiary/aromatic N) is 1. The van der Waals surface area contributed by atoms with Crippen molar-refractivity contribution in [1.82, 2.24) is 4.98 Å². The van der Waals surface area contributed by atoms with Gasteiger partial charge < -0.3 is 0 Å². The molecule has 0 N–H and O–H groups in total. The molecule has 1 aromatic heterocycles. The fourth-order valence-corrected chi connectivity index (χ4v) is 3.17. The van der Waals surface area contributed by atoms with Crippen molar-refractivity contribution in [2.75, 3.05) is 0 Å². The Morgan fingerprint density at radius 3 is 2.83 bits per heavy atom. The van der Waals surface area contributed by atoms with Crippen LogP contribution in [0.4, 0.5) is 0 Å². The summed E-state index contributed by atoms with van der Waals surface area (Å²) in [5.41, 5.74) is 5.10. The van der Waals surface area contributed by atoms with Gasteiger partial charge >= 0.3 is 0 Å². The molecule has 1 aliphatic carbocycles. The average Bonchev–Trinajstić information content (AvgIpc) is 2.30. The van der Waals surface area contributed by atoms with E-state index in [2.05, 4.69) is 39.0 Å². The lowest BCUT2D eigenvalue weighted by atomic mass is 9.76. The molecule has 1 nitrogen and oxygen atoms in total. The van der Waals surface area contributed by atoms with Crippen molar-refractivity contribution >= 4 is 22.5 Å². The number of rotatable bonds is 0. The van der Waals surface area contributed by atoms with Crippen molar-refractivity contribution in [1.29, 1.82) is 0 Å². The van der Waals surface area contributed by atoms with Crippen molar-refractivity contribution in [3.63, 3.8) is 0 Å². The zero-order chi connectivity index (χ0) is 12.9. The van der Waals surface area contributed by atoms with Gasteiger partial charge in [0.25, 0.3) is 0 Å². The van der Waals surface area contributed by atoms with Gasteiger partial charge in [-0.05, 0) is 48.8 Å². The van der Waals surface area contributed by atoms with Crippen molar-refractivity contribution in [3.05, 3.63) is 40.0 Å². The lowest BCUT2D eigenvalue weighted by Crippen LogP contribution is -2.23. The zero-order valence-electron chi connectivity index (χ0n) is 11.2. The summed E-state index contributed by atoms with van der Waals surface area (Å²) in [6, 6.07) is 6.33. The molecule has 18 heavy (non-hydrogen) atoms. The van der Waals surface area contributed by atoms with Gasteiger partial charge in [0, 0.05) is 11.1 Å². The van der Waals surface area contributed by atoms with Crippen molar-refractivity contribution in [3.8, 4) is 0 Å². The van der Waals surface area contributed by atoms with Crippen LogP contribution in [0.2, 0.25) is 5.02 Å². The van der Waals surface area contributed by atoms with E-state index in [4.69, 9.17) is 16.6 Å². The summed E-state index contributed by atoms with van der Waals surface area (Å²) in [5.74, 6) is 0. The molecule has 0 saturated carbocycles. The molecular formula is C16H18ClN. The highest BCUT2D eigenvalue weighted by Gasteiger charge is 2.28. The Labute approximate surface area is 113 Å². The van der Waals surface area contributed by atoms with Crippen molar-refractivity contribution in [2.45, 2.75) is 40.0 Å². The van der Waals surface area contributed by atoms with E-state index in [0.717, 1.165) is 28.8 Å². The molecule has 0 atom stereocenters. The molecule has 94 valence electrons. The summed E-state index contributed by atoms with van der Waals surface area (Å²) in [5, 5.41) is 2.02. The second-order valence-corrected chi connectivity index (χ2v) is 6.59. The molecule has 0 unspecified atom stereocenters. The molecule has 1 aliphatic rings. The third-order valence-electron chi connectivity index (χ3n) is 3.95. The summed E-state index contributed by atoms with van der Waals surface area (Å²) in [6.45, 7) is 6.72. The van der Waals surface area contributed by atoms with Crippen LogP contribution in [-0.4, -0.2) is 4.98 Å². The summed E-state index contributed by atoms with van der Waals surface area (Å²) >= 11 is 6.60. The predicted molar refractivity (Wildman–Crippen MR) is 77.3 cm³/mol. The van der Waals surface area contributed by atoms with E-state index >= 15 is 0 Å². The molecular weight excluding hydrogens is 242 g/mol. The third kappa shape index (κ3) is 1.91. The largest absolute Gasteiger partial charge is 0.252 e. The highest BCUT2D eigenvalue weighted by molar-refractivity contribution is 6.36. The third-order valence-corrected chi connectivity index (χ3v) is 4.38. The van der Waals surface area contributed by atoms with E-state index in [0.29, 0.717) is 5.41 Å². The predicted octanol–water partition coefficient (Wildman–Crippen LogP) is 4.71. The summed E-state index contributed by atoms with van der Waals surface area (Å²) < 4.78 is 0. The first-order valence-electron chi connectivity index (χ1n) is 6.54. The van der Waals surface area contributed by atoms with Crippen LogP contribution in [0.15, 0.2) is 18.2 Å². The van der Waals surface area contributed by atoms with E-state index in [-0.39, 0.29) is 0 Å². The minimum Gasteiger partial charge on any atom is -0.252 e. The minimum absolute atomic E-state index is 0.344. The quantitative estimate of drug-likeness (QED) is 0.668. The maximum atomic E-state index is 6.60. The van der Waals surface area contributed by atoms with Crippen LogP contribution in [0.3, 0.4) is 0 Å². The molecule has 0 aliphatic heterocycles. The van der Waals surface area contributed by atoms with Crippen molar-refractivity contribution < 1.29 is 0 Å². The van der Waals surface area contributed by atoms with Gasteiger partial charge in [-0.25, -0.2) is 0 Å². The number of pyridine rings is 1. The second kappa shape index (κ2) is 3.96. The van der Waals surface area contributed by atoms with Crippen LogP contribution in [0.25, 0.3) is 10.9 Å². The molecule has 0 amide bonds. The Bertz CT molecular complexity index is 629. The Balaban J connectivity index is 2.26. The lowest BCUT2D eigenvalue weighted by molar-refractivity contribution is 0.313. The highest BCUT2D eigenvalue weighted by Crippen LogP contribution is 2.39. The molecule has 0 spiro atoms. The van der Waals surface area contributed by atoms with Gasteiger partial charge in [0.15, 0.2) is 0 Å². The standard InChI is InChI=1S/C16H18ClN/c1-10-4-5-11-14(8-10)18-13-6-7-16(2,3)9-12(13)15(11)17/h4-5,8H,6-7,9H2,1-3H3. The first-order valence-corrected chi connectivity index (χ1v) is 6.92. The van der Waals surface area contributed by atoms with Crippen LogP contribution >= 0.6 is 11.6 Å². The van der Waals surface area contributed by atoms with Crippen LogP contribution < -0.4 is 0 Å². The highest BCUT2D eigenvalue weighted by atomic mass is 35.5. The van der Waals surface area contributed by atoms with E-state index in [9.17, 15) is 0 Å². The summed E-state index contributed by atoms with van der Waals surface area (Å²) in [7, 11) is 0. The van der Waals surface area contributed by atoms with Gasteiger partial charge in [-0.3, -0.25) is 4.98 Å². The summed E-state index contributed by atoms with van der Waals surface area (Å²) in [4.78, 5) is 4.82. The van der Waals surface area contributed by atoms with E-state index in [1.807, 2.05) is 0 Å². The molecule has 0 bridgehead atoms.